The third-order valence-corrected chi connectivity index (χ3v) is 21.4. The Bertz CT molecular complexity index is 1940. The minimum absolute atomic E-state index is 0.108. The van der Waals surface area contributed by atoms with E-state index in [4.69, 9.17) is 37.0 Å². The fourth-order valence-electron chi connectivity index (χ4n) is 12.9. The maximum atomic E-state index is 13.1. The quantitative estimate of drug-likeness (QED) is 0.0222. The van der Waals surface area contributed by atoms with Gasteiger partial charge in [0.05, 0.1) is 26.4 Å². The van der Waals surface area contributed by atoms with Crippen molar-refractivity contribution in [3.63, 3.8) is 0 Å². The third-order valence-electron chi connectivity index (χ3n) is 19.5. The highest BCUT2D eigenvalue weighted by atomic mass is 31.2. The molecule has 606 valence electrons. The molecule has 3 N–H and O–H groups in total. The van der Waals surface area contributed by atoms with Crippen LogP contribution in [0.15, 0.2) is 0 Å². The Balaban J connectivity index is 5.10. The number of esters is 4. The molecular formula is C83H162O17P2. The monoisotopic (exact) mass is 1490 g/mol. The summed E-state index contributed by atoms with van der Waals surface area (Å²) < 4.78 is 68.6. The average molecular weight is 1490 g/mol. The average Bonchev–Trinajstić information content (AvgIpc) is 0.948. The number of hydrogen-bond acceptors (Lipinski definition) is 15. The Morgan fingerprint density at radius 2 is 0.451 bits per heavy atom. The van der Waals surface area contributed by atoms with Crippen molar-refractivity contribution in [1.29, 1.82) is 0 Å². The molecule has 102 heavy (non-hydrogen) atoms. The molecule has 0 saturated carbocycles. The topological polar surface area (TPSA) is 237 Å². The predicted molar refractivity (Wildman–Crippen MR) is 418 cm³/mol. The van der Waals surface area contributed by atoms with Gasteiger partial charge in [-0.2, -0.15) is 0 Å². The summed E-state index contributed by atoms with van der Waals surface area (Å²) in [6.07, 6.45) is 68.5. The number of rotatable bonds is 83. The van der Waals surface area contributed by atoms with Crippen LogP contribution in [0.1, 0.15) is 446 Å². The zero-order chi connectivity index (χ0) is 74.8. The number of carbonyl (C=O) groups is 4. The predicted octanol–water partition coefficient (Wildman–Crippen LogP) is 25.2. The van der Waals surface area contributed by atoms with Crippen LogP contribution < -0.4 is 0 Å². The molecule has 5 atom stereocenters. The number of ether oxygens (including phenoxy) is 4. The summed E-state index contributed by atoms with van der Waals surface area (Å²) >= 11 is 0. The van der Waals surface area contributed by atoms with Gasteiger partial charge in [0.2, 0.25) is 0 Å². The van der Waals surface area contributed by atoms with Gasteiger partial charge >= 0.3 is 39.5 Å². The van der Waals surface area contributed by atoms with E-state index in [1.54, 1.807) is 0 Å². The second kappa shape index (κ2) is 75.9. The largest absolute Gasteiger partial charge is 0.472 e. The van der Waals surface area contributed by atoms with Crippen LogP contribution in [0, 0.1) is 5.92 Å². The Morgan fingerprint density at radius 1 is 0.265 bits per heavy atom. The molecule has 0 aromatic rings. The molecule has 0 aromatic heterocycles. The third kappa shape index (κ3) is 76.3. The second-order valence-corrected chi connectivity index (χ2v) is 33.3. The number of phosphoric acid groups is 2. The van der Waals surface area contributed by atoms with E-state index < -0.39 is 97.5 Å². The standard InChI is InChI=1S/C83H162O17P2/c1-6-9-12-15-17-19-21-23-25-27-32-36-40-44-48-52-57-62-67-81(86)94-73-79(100-83(88)69-64-59-54-50-46-42-38-34-30-29-31-35-39-43-47-51-56-60-65-76(4)5)75-98-102(91,92)96-71-77(84)70-95-101(89,90)97-74-78(72-93-80(85)66-61-55-14-11-8-3)99-82(87)68-63-58-53-49-45-41-37-33-28-26-24-22-20-18-16-13-10-7-2/h76-79,84H,6-75H2,1-5H3,(H,89,90)(H,91,92)/t77-,78+,79+/m0/s1. The minimum Gasteiger partial charge on any atom is -0.462 e. The molecule has 0 aliphatic heterocycles. The zero-order valence-electron chi connectivity index (χ0n) is 66.8. The highest BCUT2D eigenvalue weighted by Gasteiger charge is 2.30. The summed E-state index contributed by atoms with van der Waals surface area (Å²) in [6.45, 7) is 7.29. The summed E-state index contributed by atoms with van der Waals surface area (Å²) in [7, 11) is -9.91. The molecule has 19 heteroatoms. The highest BCUT2D eigenvalue weighted by molar-refractivity contribution is 7.47. The van der Waals surface area contributed by atoms with Crippen LogP contribution >= 0.6 is 15.6 Å². The number of unbranched alkanes of at least 4 members (excludes halogenated alkanes) is 55. The van der Waals surface area contributed by atoms with Crippen molar-refractivity contribution >= 4 is 39.5 Å². The van der Waals surface area contributed by atoms with Crippen LogP contribution in [0.25, 0.3) is 0 Å². The van der Waals surface area contributed by atoms with Crippen LogP contribution in [0.5, 0.6) is 0 Å². The summed E-state index contributed by atoms with van der Waals surface area (Å²) in [5.41, 5.74) is 0. The Labute approximate surface area is 626 Å². The molecule has 0 amide bonds. The maximum Gasteiger partial charge on any atom is 0.472 e. The molecule has 0 bridgehead atoms. The Kier molecular flexibility index (Phi) is 74.4. The van der Waals surface area contributed by atoms with Crippen molar-refractivity contribution in [2.45, 2.75) is 464 Å². The lowest BCUT2D eigenvalue weighted by molar-refractivity contribution is -0.161. The lowest BCUT2D eigenvalue weighted by Crippen LogP contribution is -2.30. The van der Waals surface area contributed by atoms with E-state index in [9.17, 15) is 43.2 Å². The smallest absolute Gasteiger partial charge is 0.462 e. The van der Waals surface area contributed by atoms with Crippen LogP contribution in [-0.2, 0) is 65.4 Å². The van der Waals surface area contributed by atoms with E-state index >= 15 is 0 Å². The first-order valence-corrected chi connectivity index (χ1v) is 46.1. The van der Waals surface area contributed by atoms with Crippen LogP contribution in [-0.4, -0.2) is 96.7 Å². The first kappa shape index (κ1) is 100. The van der Waals surface area contributed by atoms with Gasteiger partial charge in [-0.1, -0.05) is 394 Å². The minimum atomic E-state index is -4.96. The lowest BCUT2D eigenvalue weighted by atomic mass is 10.0. The van der Waals surface area contributed by atoms with Gasteiger partial charge in [0.15, 0.2) is 12.2 Å². The molecule has 2 unspecified atom stereocenters. The molecule has 0 fully saturated rings. The van der Waals surface area contributed by atoms with Gasteiger partial charge in [-0.3, -0.25) is 37.3 Å². The number of aliphatic hydroxyl groups is 1. The van der Waals surface area contributed by atoms with Gasteiger partial charge in [-0.25, -0.2) is 9.13 Å². The molecular weight excluding hydrogens is 1330 g/mol. The van der Waals surface area contributed by atoms with Crippen molar-refractivity contribution in [2.75, 3.05) is 39.6 Å². The zero-order valence-corrected chi connectivity index (χ0v) is 68.5. The first-order chi connectivity index (χ1) is 49.5. The Hall–Kier alpha value is -1.94. The number of carbonyl (C=O) groups excluding carboxylic acids is 4. The molecule has 0 aliphatic rings. The van der Waals surface area contributed by atoms with Crippen molar-refractivity contribution in [3.05, 3.63) is 0 Å². The molecule has 0 spiro atoms. The van der Waals surface area contributed by atoms with Crippen molar-refractivity contribution in [2.24, 2.45) is 5.92 Å². The first-order valence-electron chi connectivity index (χ1n) is 43.1. The molecule has 0 radical (unpaired) electrons. The van der Waals surface area contributed by atoms with E-state index in [-0.39, 0.29) is 25.7 Å². The van der Waals surface area contributed by atoms with Crippen molar-refractivity contribution in [3.8, 4) is 0 Å². The molecule has 0 aliphatic carbocycles. The fraction of sp³-hybridized carbons (Fsp3) is 0.952. The van der Waals surface area contributed by atoms with Crippen molar-refractivity contribution in [1.82, 2.24) is 0 Å². The van der Waals surface area contributed by atoms with E-state index in [1.807, 2.05) is 0 Å². The highest BCUT2D eigenvalue weighted by Crippen LogP contribution is 2.45. The molecule has 0 aromatic carbocycles. The fourth-order valence-corrected chi connectivity index (χ4v) is 14.5. The van der Waals surface area contributed by atoms with E-state index in [2.05, 4.69) is 34.6 Å². The number of phosphoric ester groups is 2. The summed E-state index contributed by atoms with van der Waals surface area (Å²) in [5, 5.41) is 10.6. The molecule has 0 heterocycles. The summed E-state index contributed by atoms with van der Waals surface area (Å²) in [6, 6.07) is 0. The van der Waals surface area contributed by atoms with Gasteiger partial charge in [0.1, 0.15) is 19.3 Å². The normalized spacial score (nSPS) is 13.8. The molecule has 0 rings (SSSR count). The van der Waals surface area contributed by atoms with Gasteiger partial charge in [0, 0.05) is 25.7 Å². The number of aliphatic hydroxyl groups excluding tert-OH is 1. The molecule has 17 nitrogen and oxygen atoms in total. The maximum absolute atomic E-state index is 13.1. The Morgan fingerprint density at radius 3 is 0.667 bits per heavy atom. The SMILES string of the molecule is CCCCCCCCCCCCCCCCCCCCC(=O)OC[C@H](COP(=O)(O)OC[C@@H](O)COP(=O)(O)OC[C@@H](COC(=O)CCCCCCC)OC(=O)CCCCCCCCCCCCCCCCCCCC)OC(=O)CCCCCCCCCCCCCCCCCCCCC(C)C. The lowest BCUT2D eigenvalue weighted by Gasteiger charge is -2.21. The van der Waals surface area contributed by atoms with Gasteiger partial charge in [0.25, 0.3) is 0 Å². The van der Waals surface area contributed by atoms with Crippen LogP contribution in [0.2, 0.25) is 0 Å². The van der Waals surface area contributed by atoms with Gasteiger partial charge in [-0.15, -0.1) is 0 Å². The van der Waals surface area contributed by atoms with E-state index in [0.29, 0.717) is 25.7 Å². The van der Waals surface area contributed by atoms with Gasteiger partial charge in [-0.05, 0) is 31.6 Å². The van der Waals surface area contributed by atoms with E-state index in [0.717, 1.165) is 102 Å². The second-order valence-electron chi connectivity index (χ2n) is 30.3. The summed E-state index contributed by atoms with van der Waals surface area (Å²) in [5.74, 6) is -1.30. The summed E-state index contributed by atoms with van der Waals surface area (Å²) in [4.78, 5) is 72.8. The molecule has 0 saturated heterocycles. The number of hydrogen-bond donors (Lipinski definition) is 3. The van der Waals surface area contributed by atoms with Crippen molar-refractivity contribution < 1.29 is 80.2 Å². The van der Waals surface area contributed by atoms with Crippen LogP contribution in [0.3, 0.4) is 0 Å². The van der Waals surface area contributed by atoms with E-state index in [1.165, 1.54) is 263 Å². The van der Waals surface area contributed by atoms with Crippen LogP contribution in [0.4, 0.5) is 0 Å². The van der Waals surface area contributed by atoms with Gasteiger partial charge < -0.3 is 33.8 Å².